The van der Waals surface area contributed by atoms with Crippen molar-refractivity contribution in [3.63, 3.8) is 0 Å². The summed E-state index contributed by atoms with van der Waals surface area (Å²) < 4.78 is 23.4. The van der Waals surface area contributed by atoms with Crippen molar-refractivity contribution in [2.75, 3.05) is 12.4 Å². The maximum absolute atomic E-state index is 14.7. The number of rotatable bonds is 2. The highest BCUT2D eigenvalue weighted by atomic mass is 79.9. The minimum atomic E-state index is -0.776. The normalized spacial score (nSPS) is 29.2. The number of hydrogen-bond donors (Lipinski definition) is 1. The maximum atomic E-state index is 14.7. The lowest BCUT2D eigenvalue weighted by Crippen LogP contribution is -2.48. The fraction of sp³-hybridized carbons (Fsp3) is 0.412. The molecular formula is C17H18BrFN4OS. The molecule has 5 nitrogen and oxygen atoms in total. The van der Waals surface area contributed by atoms with Crippen LogP contribution in [0.15, 0.2) is 40.1 Å². The van der Waals surface area contributed by atoms with Crippen LogP contribution in [0.1, 0.15) is 23.7 Å². The van der Waals surface area contributed by atoms with Gasteiger partial charge in [0.25, 0.3) is 0 Å². The molecule has 1 aromatic carbocycles. The lowest BCUT2D eigenvalue weighted by Gasteiger charge is -2.46. The monoisotopic (exact) mass is 424 g/mol. The molecule has 4 rings (SSSR count). The third kappa shape index (κ3) is 3.00. The fourth-order valence-corrected chi connectivity index (χ4v) is 5.01. The number of thioether (sulfide) groups is 1. The van der Waals surface area contributed by atoms with Crippen molar-refractivity contribution >= 4 is 32.9 Å². The molecule has 2 aliphatic rings. The molecule has 25 heavy (non-hydrogen) atoms. The minimum absolute atomic E-state index is 0.0582. The Labute approximate surface area is 158 Å². The van der Waals surface area contributed by atoms with Crippen molar-refractivity contribution in [1.29, 1.82) is 0 Å². The lowest BCUT2D eigenvalue weighted by molar-refractivity contribution is -0.0588. The first-order valence-electron chi connectivity index (χ1n) is 8.02. The highest BCUT2D eigenvalue weighted by Gasteiger charge is 2.49. The van der Waals surface area contributed by atoms with Gasteiger partial charge in [-0.05, 0) is 24.6 Å². The van der Waals surface area contributed by atoms with Crippen LogP contribution in [0, 0.1) is 11.7 Å². The van der Waals surface area contributed by atoms with Gasteiger partial charge in [-0.2, -0.15) is 5.10 Å². The van der Waals surface area contributed by atoms with Crippen LogP contribution in [0.5, 0.6) is 0 Å². The third-order valence-electron chi connectivity index (χ3n) is 4.91. The van der Waals surface area contributed by atoms with E-state index in [1.54, 1.807) is 16.8 Å². The van der Waals surface area contributed by atoms with Crippen LogP contribution in [-0.4, -0.2) is 27.3 Å². The second-order valence-electron chi connectivity index (χ2n) is 6.49. The number of aryl methyl sites for hydroxylation is 1. The molecular weight excluding hydrogens is 407 g/mol. The number of halogens is 2. The molecule has 3 atom stereocenters. The van der Waals surface area contributed by atoms with Gasteiger partial charge in [0.2, 0.25) is 0 Å². The molecule has 0 bridgehead atoms. The van der Waals surface area contributed by atoms with Gasteiger partial charge in [-0.1, -0.05) is 27.7 Å². The van der Waals surface area contributed by atoms with E-state index in [0.717, 1.165) is 22.2 Å². The number of benzene rings is 1. The summed E-state index contributed by atoms with van der Waals surface area (Å²) in [4.78, 5) is 4.69. The van der Waals surface area contributed by atoms with Crippen LogP contribution < -0.4 is 5.73 Å². The number of fused-ring (bicyclic) bond motifs is 1. The molecule has 0 amide bonds. The highest BCUT2D eigenvalue weighted by Crippen LogP contribution is 2.49. The Morgan fingerprint density at radius 3 is 3.08 bits per heavy atom. The molecule has 1 saturated heterocycles. The van der Waals surface area contributed by atoms with Gasteiger partial charge in [-0.15, -0.1) is 0 Å². The largest absolute Gasteiger partial charge is 0.379 e. The van der Waals surface area contributed by atoms with Crippen LogP contribution in [0.3, 0.4) is 0 Å². The van der Waals surface area contributed by atoms with Crippen molar-refractivity contribution < 1.29 is 9.13 Å². The maximum Gasteiger partial charge on any atom is 0.154 e. The molecule has 2 aromatic rings. The number of ether oxygens (including phenoxy) is 1. The van der Waals surface area contributed by atoms with E-state index in [1.165, 1.54) is 17.8 Å². The van der Waals surface area contributed by atoms with Gasteiger partial charge in [0.15, 0.2) is 5.17 Å². The summed E-state index contributed by atoms with van der Waals surface area (Å²) in [6.07, 6.45) is 4.48. The molecule has 0 saturated carbocycles. The summed E-state index contributed by atoms with van der Waals surface area (Å²) in [6.45, 7) is 0.297. The van der Waals surface area contributed by atoms with Crippen molar-refractivity contribution in [2.45, 2.75) is 18.1 Å². The van der Waals surface area contributed by atoms with Gasteiger partial charge in [0.05, 0.1) is 18.9 Å². The Hall–Kier alpha value is -1.38. The van der Waals surface area contributed by atoms with Crippen molar-refractivity contribution in [3.8, 4) is 0 Å². The van der Waals surface area contributed by atoms with Crippen LogP contribution in [0.4, 0.5) is 4.39 Å². The van der Waals surface area contributed by atoms with E-state index in [2.05, 4.69) is 21.0 Å². The summed E-state index contributed by atoms with van der Waals surface area (Å²) in [7, 11) is 1.88. The second-order valence-corrected chi connectivity index (χ2v) is 8.45. The number of aliphatic imine (C=N–C) groups is 1. The summed E-state index contributed by atoms with van der Waals surface area (Å²) in [5.74, 6) is 0.647. The zero-order valence-corrected chi connectivity index (χ0v) is 16.1. The number of amidine groups is 1. The van der Waals surface area contributed by atoms with Crippen LogP contribution in [0.2, 0.25) is 0 Å². The Balaban J connectivity index is 1.74. The minimum Gasteiger partial charge on any atom is -0.379 e. The summed E-state index contributed by atoms with van der Waals surface area (Å²) in [5.41, 5.74) is 6.82. The molecule has 1 fully saturated rings. The summed E-state index contributed by atoms with van der Waals surface area (Å²) in [6, 6.07) is 4.95. The predicted octanol–water partition coefficient (Wildman–Crippen LogP) is 3.36. The molecule has 1 aromatic heterocycles. The smallest absolute Gasteiger partial charge is 0.154 e. The van der Waals surface area contributed by atoms with Crippen LogP contribution in [0.25, 0.3) is 0 Å². The first kappa shape index (κ1) is 17.1. The van der Waals surface area contributed by atoms with Gasteiger partial charge in [-0.3, -0.25) is 4.68 Å². The van der Waals surface area contributed by atoms with E-state index >= 15 is 0 Å². The van der Waals surface area contributed by atoms with E-state index in [4.69, 9.17) is 15.5 Å². The molecule has 8 heteroatoms. The molecule has 3 unspecified atom stereocenters. The molecule has 2 aliphatic heterocycles. The van der Waals surface area contributed by atoms with Crippen molar-refractivity contribution in [1.82, 2.24) is 9.78 Å². The Kier molecular flexibility index (Phi) is 4.37. The molecule has 0 aliphatic carbocycles. The zero-order chi connectivity index (χ0) is 17.6. The van der Waals surface area contributed by atoms with Gasteiger partial charge in [0, 0.05) is 40.5 Å². The van der Waals surface area contributed by atoms with Crippen molar-refractivity contribution in [2.24, 2.45) is 23.7 Å². The average Bonchev–Trinajstić information content (AvgIpc) is 3.03. The fourth-order valence-electron chi connectivity index (χ4n) is 3.64. The van der Waals surface area contributed by atoms with E-state index in [-0.39, 0.29) is 17.8 Å². The third-order valence-corrected chi connectivity index (χ3v) is 6.36. The number of hydrogen-bond acceptors (Lipinski definition) is 5. The van der Waals surface area contributed by atoms with Gasteiger partial charge in [0.1, 0.15) is 11.4 Å². The average molecular weight is 425 g/mol. The second kappa shape index (κ2) is 6.41. The SMILES string of the molecule is Cn1cc(C2CC3CSC(N)=NC3(c3cc(Br)ccc3F)CO2)cn1. The first-order valence-corrected chi connectivity index (χ1v) is 9.79. The molecule has 0 radical (unpaired) electrons. The molecule has 0 spiro atoms. The number of nitrogens with zero attached hydrogens (tertiary/aromatic N) is 3. The Morgan fingerprint density at radius 1 is 1.48 bits per heavy atom. The lowest BCUT2D eigenvalue weighted by atomic mass is 9.74. The standard InChI is InChI=1S/C17H18BrFN4OS/c1-23-7-10(6-21-23)15-4-11-8-25-16(20)22-17(11,9-24-15)13-5-12(18)2-3-14(13)19/h2-3,5-7,11,15H,4,8-9H2,1H3,(H2,20,22). The van der Waals surface area contributed by atoms with Crippen LogP contribution in [-0.2, 0) is 17.3 Å². The van der Waals surface area contributed by atoms with E-state index in [0.29, 0.717) is 17.3 Å². The predicted molar refractivity (Wildman–Crippen MR) is 99.9 cm³/mol. The number of aromatic nitrogens is 2. The van der Waals surface area contributed by atoms with Gasteiger partial charge < -0.3 is 10.5 Å². The Morgan fingerprint density at radius 2 is 2.32 bits per heavy atom. The van der Waals surface area contributed by atoms with E-state index < -0.39 is 5.54 Å². The summed E-state index contributed by atoms with van der Waals surface area (Å²) >= 11 is 4.97. The molecule has 132 valence electrons. The zero-order valence-electron chi connectivity index (χ0n) is 13.7. The molecule has 2 N–H and O–H groups in total. The van der Waals surface area contributed by atoms with Crippen LogP contribution >= 0.6 is 27.7 Å². The first-order chi connectivity index (χ1) is 12.0. The number of nitrogens with two attached hydrogens (primary N) is 1. The van der Waals surface area contributed by atoms with Crippen molar-refractivity contribution in [3.05, 3.63) is 52.0 Å². The van der Waals surface area contributed by atoms with E-state index in [9.17, 15) is 4.39 Å². The highest BCUT2D eigenvalue weighted by molar-refractivity contribution is 9.10. The Bertz CT molecular complexity index is 842. The molecule has 3 heterocycles. The summed E-state index contributed by atoms with van der Waals surface area (Å²) in [5, 5.41) is 4.71. The van der Waals surface area contributed by atoms with Gasteiger partial charge >= 0.3 is 0 Å². The van der Waals surface area contributed by atoms with E-state index in [1.807, 2.05) is 19.4 Å². The quantitative estimate of drug-likeness (QED) is 0.802. The van der Waals surface area contributed by atoms with Gasteiger partial charge in [-0.25, -0.2) is 9.38 Å². The topological polar surface area (TPSA) is 65.4 Å².